The molecule has 1 aromatic rings. The molecule has 0 spiro atoms. The predicted molar refractivity (Wildman–Crippen MR) is 142 cm³/mol. The molecule has 196 valence electrons. The molecule has 1 heterocycles. The number of ketones is 2. The third-order valence-electron chi connectivity index (χ3n) is 11.8. The smallest absolute Gasteiger partial charge is 0.220 e. The van der Waals surface area contributed by atoms with E-state index in [0.29, 0.717) is 66.8 Å². The predicted octanol–water partition coefficient (Wildman–Crippen LogP) is 6.75. The first-order chi connectivity index (χ1) is 17.2. The van der Waals surface area contributed by atoms with Crippen LogP contribution < -0.4 is 5.32 Å². The number of hydrogen-bond acceptors (Lipinski definition) is 4. The van der Waals surface area contributed by atoms with Crippen molar-refractivity contribution in [2.45, 2.75) is 97.4 Å². The molecule has 9 atom stereocenters. The molecule has 5 aliphatic rings. The van der Waals surface area contributed by atoms with Crippen LogP contribution in [0, 0.1) is 52.3 Å². The summed E-state index contributed by atoms with van der Waals surface area (Å²) in [6, 6.07) is 4.43. The van der Waals surface area contributed by atoms with E-state index >= 15 is 0 Å². The number of carbonyl (C=O) groups excluding carboxylic acids is 3. The van der Waals surface area contributed by atoms with E-state index in [-0.39, 0.29) is 34.6 Å². The van der Waals surface area contributed by atoms with E-state index in [1.54, 1.807) is 11.3 Å². The number of fused-ring (bicyclic) bond motifs is 5. The number of Topliss-reactive ketones (excluding diaryl/α,β-unsaturated/α-hetero) is 2. The zero-order valence-corrected chi connectivity index (χ0v) is 23.1. The monoisotopic (exact) mass is 509 g/mol. The van der Waals surface area contributed by atoms with Crippen molar-refractivity contribution in [1.29, 1.82) is 0 Å². The summed E-state index contributed by atoms with van der Waals surface area (Å²) in [6.07, 6.45) is 10.5. The molecule has 36 heavy (non-hydrogen) atoms. The minimum atomic E-state index is 0.147. The van der Waals surface area contributed by atoms with Crippen LogP contribution in [-0.2, 0) is 14.4 Å². The second-order valence-electron chi connectivity index (χ2n) is 13.7. The van der Waals surface area contributed by atoms with E-state index in [1.165, 1.54) is 24.1 Å². The van der Waals surface area contributed by atoms with Gasteiger partial charge in [-0.15, -0.1) is 11.3 Å². The molecule has 1 unspecified atom stereocenters. The largest absolute Gasteiger partial charge is 0.348 e. The van der Waals surface area contributed by atoms with E-state index in [2.05, 4.69) is 43.6 Å². The van der Waals surface area contributed by atoms with Gasteiger partial charge in [-0.2, -0.15) is 0 Å². The average Bonchev–Trinajstić information content (AvgIpc) is 3.39. The molecule has 0 aromatic carbocycles. The number of nitrogens with one attached hydrogen (secondary N) is 1. The second kappa shape index (κ2) is 9.06. The summed E-state index contributed by atoms with van der Waals surface area (Å²) < 4.78 is 0. The highest BCUT2D eigenvalue weighted by Crippen LogP contribution is 2.67. The summed E-state index contributed by atoms with van der Waals surface area (Å²) in [5, 5.41) is 5.51. The highest BCUT2D eigenvalue weighted by atomic mass is 32.1. The summed E-state index contributed by atoms with van der Waals surface area (Å²) >= 11 is 1.75. The van der Waals surface area contributed by atoms with Gasteiger partial charge in [-0.3, -0.25) is 14.4 Å². The fourth-order valence-corrected chi connectivity index (χ4v) is 10.6. The van der Waals surface area contributed by atoms with Gasteiger partial charge in [0.25, 0.3) is 0 Å². The Kier molecular flexibility index (Phi) is 6.25. The van der Waals surface area contributed by atoms with Crippen molar-refractivity contribution in [3.8, 4) is 0 Å². The highest BCUT2D eigenvalue weighted by Gasteiger charge is 2.63. The molecule has 1 N–H and O–H groups in total. The molecule has 4 nitrogen and oxygen atoms in total. The lowest BCUT2D eigenvalue weighted by Crippen LogP contribution is -2.57. The average molecular weight is 510 g/mol. The molecule has 0 bridgehead atoms. The van der Waals surface area contributed by atoms with Gasteiger partial charge in [-0.05, 0) is 103 Å². The first kappa shape index (κ1) is 24.8. The highest BCUT2D eigenvalue weighted by molar-refractivity contribution is 7.10. The van der Waals surface area contributed by atoms with E-state index in [0.717, 1.165) is 25.7 Å². The molecule has 6 rings (SSSR count). The van der Waals surface area contributed by atoms with Gasteiger partial charge in [0, 0.05) is 36.5 Å². The SMILES string of the molecule is C[C@H](CC(=O)N[C@H](c1cccs1)C1CC1)C1CC[C@H]2[C@@H]3C(=O)C[C@@H]4CC(=O)CC[C@]4(C)[C@H]3CC[C@]12C. The van der Waals surface area contributed by atoms with Crippen LogP contribution in [0.1, 0.15) is 102 Å². The van der Waals surface area contributed by atoms with Gasteiger partial charge < -0.3 is 5.32 Å². The van der Waals surface area contributed by atoms with Crippen molar-refractivity contribution < 1.29 is 14.4 Å². The first-order valence-corrected chi connectivity index (χ1v) is 15.5. The Labute approximate surface area is 220 Å². The quantitative estimate of drug-likeness (QED) is 0.461. The van der Waals surface area contributed by atoms with Crippen molar-refractivity contribution in [1.82, 2.24) is 5.32 Å². The molecule has 1 aromatic heterocycles. The maximum atomic E-state index is 13.6. The Morgan fingerprint density at radius 2 is 1.83 bits per heavy atom. The zero-order valence-electron chi connectivity index (χ0n) is 22.3. The van der Waals surface area contributed by atoms with Gasteiger partial charge in [0.05, 0.1) is 6.04 Å². The Balaban J connectivity index is 1.15. The molecule has 5 aliphatic carbocycles. The second-order valence-corrected chi connectivity index (χ2v) is 14.6. The molecule has 0 aliphatic heterocycles. The Bertz CT molecular complexity index is 1030. The van der Waals surface area contributed by atoms with Crippen molar-refractivity contribution in [2.75, 3.05) is 0 Å². The van der Waals surface area contributed by atoms with Gasteiger partial charge in [0.15, 0.2) is 0 Å². The Hall–Kier alpha value is -1.49. The maximum Gasteiger partial charge on any atom is 0.220 e. The van der Waals surface area contributed by atoms with Crippen molar-refractivity contribution >= 4 is 28.8 Å². The summed E-state index contributed by atoms with van der Waals surface area (Å²) in [4.78, 5) is 40.3. The molecule has 5 fully saturated rings. The van der Waals surface area contributed by atoms with Crippen LogP contribution >= 0.6 is 11.3 Å². The van der Waals surface area contributed by atoms with Gasteiger partial charge in [0.2, 0.25) is 5.91 Å². The minimum absolute atomic E-state index is 0.147. The number of carbonyl (C=O) groups is 3. The number of thiophene rings is 1. The minimum Gasteiger partial charge on any atom is -0.348 e. The van der Waals surface area contributed by atoms with Gasteiger partial charge in [-0.25, -0.2) is 0 Å². The van der Waals surface area contributed by atoms with E-state index < -0.39 is 0 Å². The van der Waals surface area contributed by atoms with Crippen LogP contribution in [0.5, 0.6) is 0 Å². The maximum absolute atomic E-state index is 13.6. The van der Waals surface area contributed by atoms with Crippen molar-refractivity contribution in [2.24, 2.45) is 52.3 Å². The topological polar surface area (TPSA) is 63.2 Å². The lowest BCUT2D eigenvalue weighted by Gasteiger charge is -2.59. The van der Waals surface area contributed by atoms with Crippen molar-refractivity contribution in [3.63, 3.8) is 0 Å². The third-order valence-corrected chi connectivity index (χ3v) is 12.8. The fraction of sp³-hybridized carbons (Fsp3) is 0.774. The van der Waals surface area contributed by atoms with Gasteiger partial charge >= 0.3 is 0 Å². The standard InChI is InChI=1S/C31H43NO3S/c1-18(15-27(35)32-29(19-6-7-19)26-5-4-14-36-26)22-8-9-23-28-24(11-13-31(22,23)3)30(2)12-10-21(33)16-20(30)17-25(28)34/h4-5,14,18-20,22-24,28-29H,6-13,15-17H2,1-3H3,(H,32,35)/t18-,20+,22?,23+,24+,28+,29+,30+,31-/m1/s1. The van der Waals surface area contributed by atoms with Gasteiger partial charge in [-0.1, -0.05) is 26.8 Å². The summed E-state index contributed by atoms with van der Waals surface area (Å²) in [5.74, 6) is 3.76. The summed E-state index contributed by atoms with van der Waals surface area (Å²) in [6.45, 7) is 7.14. The van der Waals surface area contributed by atoms with Crippen molar-refractivity contribution in [3.05, 3.63) is 22.4 Å². The van der Waals surface area contributed by atoms with Crippen LogP contribution in [0.25, 0.3) is 0 Å². The van der Waals surface area contributed by atoms with Gasteiger partial charge in [0.1, 0.15) is 11.6 Å². The lowest BCUT2D eigenvalue weighted by molar-refractivity contribution is -0.159. The number of amides is 1. The Morgan fingerprint density at radius 3 is 2.56 bits per heavy atom. The molecular weight excluding hydrogens is 466 g/mol. The van der Waals surface area contributed by atoms with E-state index in [1.807, 2.05) is 0 Å². The van der Waals surface area contributed by atoms with Crippen LogP contribution in [0.4, 0.5) is 0 Å². The third kappa shape index (κ3) is 4.03. The lowest BCUT2D eigenvalue weighted by atomic mass is 9.44. The van der Waals surface area contributed by atoms with Crippen LogP contribution in [0.2, 0.25) is 0 Å². The zero-order chi connectivity index (χ0) is 25.2. The molecule has 5 saturated carbocycles. The summed E-state index contributed by atoms with van der Waals surface area (Å²) in [5.41, 5.74) is 0.297. The van der Waals surface area contributed by atoms with Crippen LogP contribution in [0.3, 0.4) is 0 Å². The molecule has 0 saturated heterocycles. The fourth-order valence-electron chi connectivity index (χ4n) is 9.69. The molecule has 0 radical (unpaired) electrons. The molecular formula is C31H43NO3S. The van der Waals surface area contributed by atoms with Crippen LogP contribution in [0.15, 0.2) is 17.5 Å². The Morgan fingerprint density at radius 1 is 1.06 bits per heavy atom. The summed E-state index contributed by atoms with van der Waals surface area (Å²) in [7, 11) is 0. The number of hydrogen-bond donors (Lipinski definition) is 1. The number of rotatable bonds is 6. The molecule has 1 amide bonds. The molecule has 5 heteroatoms. The first-order valence-electron chi connectivity index (χ1n) is 14.6. The van der Waals surface area contributed by atoms with E-state index in [9.17, 15) is 14.4 Å². The normalized spacial score (nSPS) is 41.7. The van der Waals surface area contributed by atoms with E-state index in [4.69, 9.17) is 0 Å². The van der Waals surface area contributed by atoms with Crippen LogP contribution in [-0.4, -0.2) is 17.5 Å².